The van der Waals surface area contributed by atoms with Crippen molar-refractivity contribution in [2.24, 2.45) is 0 Å². The summed E-state index contributed by atoms with van der Waals surface area (Å²) >= 11 is 7.05. The third kappa shape index (κ3) is 3.22. The Morgan fingerprint density at radius 2 is 2.12 bits per heavy atom. The van der Waals surface area contributed by atoms with E-state index >= 15 is 0 Å². The maximum absolute atomic E-state index is 10.6. The second-order valence-electron chi connectivity index (χ2n) is 4.25. The van der Waals surface area contributed by atoms with E-state index in [-0.39, 0.29) is 11.8 Å². The molecule has 1 aromatic rings. The predicted molar refractivity (Wildman–Crippen MR) is 69.5 cm³/mol. The van der Waals surface area contributed by atoms with E-state index in [1.807, 2.05) is 0 Å². The number of rotatable bonds is 4. The van der Waals surface area contributed by atoms with Gasteiger partial charge in [0.25, 0.3) is 0 Å². The van der Waals surface area contributed by atoms with Gasteiger partial charge in [-0.2, -0.15) is 0 Å². The van der Waals surface area contributed by atoms with Gasteiger partial charge in [-0.25, -0.2) is 0 Å². The SMILES string of the molecule is O=C(Cl)CNc1ccc(C2CCCCC2)s1. The van der Waals surface area contributed by atoms with Crippen LogP contribution in [0.1, 0.15) is 42.9 Å². The van der Waals surface area contributed by atoms with Crippen LogP contribution in [0.25, 0.3) is 0 Å². The fourth-order valence-electron chi connectivity index (χ4n) is 2.21. The van der Waals surface area contributed by atoms with Crippen LogP contribution in [0, 0.1) is 0 Å². The first-order valence-electron chi connectivity index (χ1n) is 5.77. The molecule has 1 fully saturated rings. The topological polar surface area (TPSA) is 29.1 Å². The number of thiophene rings is 1. The molecule has 0 bridgehead atoms. The maximum atomic E-state index is 10.6. The first kappa shape index (κ1) is 11.9. The molecule has 0 aromatic carbocycles. The minimum absolute atomic E-state index is 0.214. The van der Waals surface area contributed by atoms with Crippen LogP contribution >= 0.6 is 22.9 Å². The van der Waals surface area contributed by atoms with Crippen LogP contribution < -0.4 is 5.32 Å². The van der Waals surface area contributed by atoms with Gasteiger partial charge >= 0.3 is 0 Å². The lowest BCUT2D eigenvalue weighted by Crippen LogP contribution is -2.06. The highest BCUT2D eigenvalue weighted by molar-refractivity contribution is 7.16. The van der Waals surface area contributed by atoms with E-state index < -0.39 is 0 Å². The second kappa shape index (κ2) is 5.69. The smallest absolute Gasteiger partial charge is 0.240 e. The number of anilines is 1. The zero-order valence-electron chi connectivity index (χ0n) is 9.17. The molecule has 16 heavy (non-hydrogen) atoms. The summed E-state index contributed by atoms with van der Waals surface area (Å²) in [5, 5.41) is 3.75. The molecular weight excluding hydrogens is 242 g/mol. The Morgan fingerprint density at radius 1 is 1.38 bits per heavy atom. The van der Waals surface area contributed by atoms with E-state index in [1.165, 1.54) is 37.0 Å². The zero-order valence-corrected chi connectivity index (χ0v) is 10.7. The molecule has 1 aromatic heterocycles. The van der Waals surface area contributed by atoms with Gasteiger partial charge in [-0.15, -0.1) is 11.3 Å². The van der Waals surface area contributed by atoms with Crippen molar-refractivity contribution in [2.75, 3.05) is 11.9 Å². The Labute approximate surface area is 105 Å². The molecule has 0 aliphatic heterocycles. The Hall–Kier alpha value is -0.540. The highest BCUT2D eigenvalue weighted by Gasteiger charge is 2.17. The molecule has 0 spiro atoms. The second-order valence-corrected chi connectivity index (χ2v) is 5.78. The standard InChI is InChI=1S/C12H16ClNOS/c13-11(15)8-14-12-7-6-10(16-12)9-4-2-1-3-5-9/h6-7,9,14H,1-5,8H2. The molecule has 1 aliphatic carbocycles. The van der Waals surface area contributed by atoms with Crippen molar-refractivity contribution in [3.05, 3.63) is 17.0 Å². The van der Waals surface area contributed by atoms with Crippen molar-refractivity contribution in [3.8, 4) is 0 Å². The first-order valence-corrected chi connectivity index (χ1v) is 6.97. The zero-order chi connectivity index (χ0) is 11.4. The Balaban J connectivity index is 1.93. The summed E-state index contributed by atoms with van der Waals surface area (Å²) in [6.45, 7) is 0.214. The summed E-state index contributed by atoms with van der Waals surface area (Å²) < 4.78 is 0. The van der Waals surface area contributed by atoms with Gasteiger partial charge < -0.3 is 5.32 Å². The first-order chi connectivity index (χ1) is 7.75. The largest absolute Gasteiger partial charge is 0.369 e. The highest BCUT2D eigenvalue weighted by Crippen LogP contribution is 2.37. The monoisotopic (exact) mass is 257 g/mol. The quantitative estimate of drug-likeness (QED) is 0.827. The lowest BCUT2D eigenvalue weighted by molar-refractivity contribution is -0.110. The van der Waals surface area contributed by atoms with Gasteiger partial charge in [0, 0.05) is 4.88 Å². The summed E-state index contributed by atoms with van der Waals surface area (Å²) in [7, 11) is 0. The number of hydrogen-bond acceptors (Lipinski definition) is 3. The molecule has 1 heterocycles. The fraction of sp³-hybridized carbons (Fsp3) is 0.583. The number of carbonyl (C=O) groups is 1. The molecule has 0 amide bonds. The lowest BCUT2D eigenvalue weighted by atomic mass is 9.88. The van der Waals surface area contributed by atoms with Crippen molar-refractivity contribution in [1.82, 2.24) is 0 Å². The molecule has 0 saturated heterocycles. The van der Waals surface area contributed by atoms with Gasteiger partial charge in [0.05, 0.1) is 11.5 Å². The van der Waals surface area contributed by atoms with Crippen LogP contribution in [-0.4, -0.2) is 11.8 Å². The normalized spacial score (nSPS) is 17.3. The molecule has 1 saturated carbocycles. The molecule has 2 rings (SSSR count). The van der Waals surface area contributed by atoms with E-state index in [0.29, 0.717) is 0 Å². The molecule has 88 valence electrons. The van der Waals surface area contributed by atoms with Gasteiger partial charge in [0.1, 0.15) is 0 Å². The summed E-state index contributed by atoms with van der Waals surface area (Å²) in [6.07, 6.45) is 6.72. The van der Waals surface area contributed by atoms with Gasteiger partial charge in [0.2, 0.25) is 5.24 Å². The van der Waals surface area contributed by atoms with Crippen molar-refractivity contribution in [3.63, 3.8) is 0 Å². The lowest BCUT2D eigenvalue weighted by Gasteiger charge is -2.19. The van der Waals surface area contributed by atoms with E-state index in [2.05, 4.69) is 17.4 Å². The van der Waals surface area contributed by atoms with E-state index in [0.717, 1.165) is 10.9 Å². The summed E-state index contributed by atoms with van der Waals surface area (Å²) in [6, 6.07) is 4.23. The Morgan fingerprint density at radius 3 is 2.81 bits per heavy atom. The maximum Gasteiger partial charge on any atom is 0.240 e. The average Bonchev–Trinajstić information content (AvgIpc) is 2.76. The summed E-state index contributed by atoms with van der Waals surface area (Å²) in [5.41, 5.74) is 0. The summed E-state index contributed by atoms with van der Waals surface area (Å²) in [5.74, 6) is 0.737. The van der Waals surface area contributed by atoms with Crippen LogP contribution in [-0.2, 0) is 4.79 Å². The van der Waals surface area contributed by atoms with Gasteiger partial charge in [-0.05, 0) is 42.5 Å². The van der Waals surface area contributed by atoms with Crippen molar-refractivity contribution in [1.29, 1.82) is 0 Å². The number of nitrogens with one attached hydrogen (secondary N) is 1. The van der Waals surface area contributed by atoms with E-state index in [9.17, 15) is 4.79 Å². The summed E-state index contributed by atoms with van der Waals surface area (Å²) in [4.78, 5) is 12.1. The predicted octanol–water partition coefficient (Wildman–Crippen LogP) is 3.97. The Bertz CT molecular complexity index is 358. The number of halogens is 1. The van der Waals surface area contributed by atoms with E-state index in [1.54, 1.807) is 11.3 Å². The van der Waals surface area contributed by atoms with Crippen LogP contribution in [0.3, 0.4) is 0 Å². The van der Waals surface area contributed by atoms with Crippen LogP contribution in [0.2, 0.25) is 0 Å². The van der Waals surface area contributed by atoms with Gasteiger partial charge in [0.15, 0.2) is 0 Å². The van der Waals surface area contributed by atoms with E-state index in [4.69, 9.17) is 11.6 Å². The highest BCUT2D eigenvalue weighted by atomic mass is 35.5. The number of hydrogen-bond donors (Lipinski definition) is 1. The molecule has 4 heteroatoms. The van der Waals surface area contributed by atoms with Crippen molar-refractivity contribution < 1.29 is 4.79 Å². The third-order valence-electron chi connectivity index (χ3n) is 3.04. The average molecular weight is 258 g/mol. The Kier molecular flexibility index (Phi) is 4.24. The van der Waals surface area contributed by atoms with Gasteiger partial charge in [-0.1, -0.05) is 19.3 Å². The molecular formula is C12H16ClNOS. The van der Waals surface area contributed by atoms with Crippen LogP contribution in [0.15, 0.2) is 12.1 Å². The van der Waals surface area contributed by atoms with Crippen molar-refractivity contribution in [2.45, 2.75) is 38.0 Å². The fourth-order valence-corrected chi connectivity index (χ4v) is 3.35. The molecule has 1 N–H and O–H groups in total. The molecule has 1 aliphatic rings. The molecule has 0 radical (unpaired) electrons. The minimum atomic E-state index is -0.340. The van der Waals surface area contributed by atoms with Crippen molar-refractivity contribution >= 4 is 33.2 Å². The molecule has 0 unspecified atom stereocenters. The molecule has 2 nitrogen and oxygen atoms in total. The number of carbonyl (C=O) groups excluding carboxylic acids is 1. The van der Waals surface area contributed by atoms with Crippen LogP contribution in [0.5, 0.6) is 0 Å². The van der Waals surface area contributed by atoms with Gasteiger partial charge in [-0.3, -0.25) is 4.79 Å². The van der Waals surface area contributed by atoms with Crippen LogP contribution in [0.4, 0.5) is 5.00 Å². The molecule has 0 atom stereocenters. The third-order valence-corrected chi connectivity index (χ3v) is 4.38. The minimum Gasteiger partial charge on any atom is -0.369 e.